The summed E-state index contributed by atoms with van der Waals surface area (Å²) in [6.45, 7) is 0.290. The summed E-state index contributed by atoms with van der Waals surface area (Å²) >= 11 is 0. The van der Waals surface area contributed by atoms with Gasteiger partial charge in [-0.2, -0.15) is 0 Å². The van der Waals surface area contributed by atoms with Gasteiger partial charge in [0, 0.05) is 13.0 Å². The Hall–Kier alpha value is -2.40. The minimum absolute atomic E-state index is 0.0337. The second kappa shape index (κ2) is 7.66. The van der Waals surface area contributed by atoms with Crippen molar-refractivity contribution in [2.45, 2.75) is 31.4 Å². The van der Waals surface area contributed by atoms with E-state index >= 15 is 0 Å². The van der Waals surface area contributed by atoms with Crippen LogP contribution in [-0.2, 0) is 11.2 Å². The van der Waals surface area contributed by atoms with Gasteiger partial charge in [0.15, 0.2) is 0 Å². The first-order valence-electron chi connectivity index (χ1n) is 8.42. The van der Waals surface area contributed by atoms with E-state index in [1.165, 1.54) is 12.1 Å². The van der Waals surface area contributed by atoms with Crippen molar-refractivity contribution in [2.24, 2.45) is 0 Å². The fourth-order valence-corrected chi connectivity index (χ4v) is 3.34. The number of likely N-dealkylation sites (tertiary alicyclic amines) is 1. The lowest BCUT2D eigenvalue weighted by molar-refractivity contribution is -0.132. The van der Waals surface area contributed by atoms with Gasteiger partial charge in [0.25, 0.3) is 0 Å². The summed E-state index contributed by atoms with van der Waals surface area (Å²) in [5, 5.41) is 10.00. The molecule has 1 aliphatic heterocycles. The molecule has 0 unspecified atom stereocenters. The summed E-state index contributed by atoms with van der Waals surface area (Å²) in [7, 11) is 1.61. The van der Waals surface area contributed by atoms with Crippen LogP contribution in [0.5, 0.6) is 5.75 Å². The normalized spacial score (nSPS) is 19.9. The molecule has 1 aliphatic rings. The number of nitrogens with zero attached hydrogens (tertiary/aromatic N) is 1. The number of ether oxygens (including phenoxy) is 1. The molecule has 1 amide bonds. The molecule has 2 aromatic carbocycles. The minimum Gasteiger partial charge on any atom is -0.497 e. The van der Waals surface area contributed by atoms with Crippen LogP contribution in [-0.4, -0.2) is 35.7 Å². The van der Waals surface area contributed by atoms with Gasteiger partial charge < -0.3 is 14.7 Å². The third-order valence-electron chi connectivity index (χ3n) is 4.59. The van der Waals surface area contributed by atoms with E-state index in [0.29, 0.717) is 19.3 Å². The summed E-state index contributed by atoms with van der Waals surface area (Å²) in [5.74, 6) is 0.399. The summed E-state index contributed by atoms with van der Waals surface area (Å²) < 4.78 is 18.7. The van der Waals surface area contributed by atoms with Crippen molar-refractivity contribution in [2.75, 3.05) is 13.7 Å². The van der Waals surface area contributed by atoms with Gasteiger partial charge in [-0.15, -0.1) is 0 Å². The summed E-state index contributed by atoms with van der Waals surface area (Å²) in [6.07, 6.45) is 0.799. The number of hydrogen-bond donors (Lipinski definition) is 1. The highest BCUT2D eigenvalue weighted by molar-refractivity contribution is 5.77. The smallest absolute Gasteiger partial charge is 0.223 e. The zero-order chi connectivity index (χ0) is 17.8. The molecule has 3 rings (SSSR count). The average Bonchev–Trinajstić information content (AvgIpc) is 3.02. The van der Waals surface area contributed by atoms with Crippen molar-refractivity contribution in [3.8, 4) is 5.75 Å². The molecular formula is C20H22FNO3. The van der Waals surface area contributed by atoms with Gasteiger partial charge in [-0.1, -0.05) is 24.3 Å². The Labute approximate surface area is 146 Å². The lowest BCUT2D eigenvalue weighted by Gasteiger charge is -2.25. The largest absolute Gasteiger partial charge is 0.497 e. The van der Waals surface area contributed by atoms with Crippen LogP contribution < -0.4 is 4.74 Å². The maximum Gasteiger partial charge on any atom is 0.223 e. The minimum atomic E-state index is -0.575. The molecule has 5 heteroatoms. The molecule has 0 saturated carbocycles. The number of rotatable bonds is 5. The van der Waals surface area contributed by atoms with Gasteiger partial charge in [0.1, 0.15) is 11.6 Å². The molecule has 1 heterocycles. The number of halogens is 1. The van der Waals surface area contributed by atoms with Gasteiger partial charge in [-0.3, -0.25) is 4.79 Å². The van der Waals surface area contributed by atoms with E-state index in [-0.39, 0.29) is 24.3 Å². The number of amides is 1. The monoisotopic (exact) mass is 343 g/mol. The van der Waals surface area contributed by atoms with Crippen molar-refractivity contribution in [3.05, 3.63) is 65.5 Å². The molecule has 2 aromatic rings. The van der Waals surface area contributed by atoms with Crippen LogP contribution in [0.1, 0.15) is 30.0 Å². The molecule has 0 radical (unpaired) electrons. The van der Waals surface area contributed by atoms with E-state index in [4.69, 9.17) is 4.74 Å². The Morgan fingerprint density at radius 3 is 2.84 bits per heavy atom. The van der Waals surface area contributed by atoms with Crippen LogP contribution in [0.2, 0.25) is 0 Å². The van der Waals surface area contributed by atoms with Gasteiger partial charge in [0.2, 0.25) is 5.91 Å². The number of carbonyl (C=O) groups excluding carboxylic acids is 1. The fourth-order valence-electron chi connectivity index (χ4n) is 3.34. The molecule has 0 bridgehead atoms. The maximum atomic E-state index is 13.5. The summed E-state index contributed by atoms with van der Waals surface area (Å²) in [6, 6.07) is 13.6. The van der Waals surface area contributed by atoms with Gasteiger partial charge >= 0.3 is 0 Å². The molecule has 2 atom stereocenters. The van der Waals surface area contributed by atoms with E-state index in [0.717, 1.165) is 16.9 Å². The number of β-amino-alcohol motifs (C(OH)–C–C–N with tert-alkyl or cyclic N) is 1. The van der Waals surface area contributed by atoms with Crippen LogP contribution in [0.25, 0.3) is 0 Å². The Morgan fingerprint density at radius 1 is 1.28 bits per heavy atom. The third-order valence-corrected chi connectivity index (χ3v) is 4.59. The second-order valence-electron chi connectivity index (χ2n) is 6.36. The van der Waals surface area contributed by atoms with Gasteiger partial charge in [-0.05, 0) is 48.2 Å². The van der Waals surface area contributed by atoms with E-state index in [1.54, 1.807) is 24.1 Å². The van der Waals surface area contributed by atoms with Crippen LogP contribution >= 0.6 is 0 Å². The lowest BCUT2D eigenvalue weighted by atomic mass is 10.0. The molecule has 1 N–H and O–H groups in total. The van der Waals surface area contributed by atoms with Crippen LogP contribution in [0.15, 0.2) is 48.5 Å². The van der Waals surface area contributed by atoms with Crippen molar-refractivity contribution in [1.29, 1.82) is 0 Å². The Balaban J connectivity index is 1.69. The highest BCUT2D eigenvalue weighted by atomic mass is 19.1. The van der Waals surface area contributed by atoms with Crippen molar-refractivity contribution >= 4 is 5.91 Å². The molecule has 0 aliphatic carbocycles. The lowest BCUT2D eigenvalue weighted by Crippen LogP contribution is -2.32. The van der Waals surface area contributed by atoms with Crippen LogP contribution in [0.4, 0.5) is 4.39 Å². The number of benzene rings is 2. The number of aliphatic hydroxyl groups is 1. The number of carbonyl (C=O) groups is 1. The molecule has 4 nitrogen and oxygen atoms in total. The standard InChI is InChI=1S/C20H22FNO3/c1-25-18-7-2-4-14(10-18)8-9-20(24)22-13-17(23)12-19(22)15-5-3-6-16(21)11-15/h2-7,10-11,17,19,23H,8-9,12-13H2,1H3/t17-,19+/m0/s1. The summed E-state index contributed by atoms with van der Waals surface area (Å²) in [4.78, 5) is 14.3. The first kappa shape index (κ1) is 17.4. The first-order valence-corrected chi connectivity index (χ1v) is 8.42. The van der Waals surface area contributed by atoms with Crippen LogP contribution in [0.3, 0.4) is 0 Å². The zero-order valence-electron chi connectivity index (χ0n) is 14.2. The quantitative estimate of drug-likeness (QED) is 0.908. The van der Waals surface area contributed by atoms with Crippen molar-refractivity contribution in [3.63, 3.8) is 0 Å². The Kier molecular flexibility index (Phi) is 5.34. The molecule has 1 saturated heterocycles. The number of methoxy groups -OCH3 is 1. The molecular weight excluding hydrogens is 321 g/mol. The van der Waals surface area contributed by atoms with Crippen molar-refractivity contribution in [1.82, 2.24) is 4.90 Å². The molecule has 0 spiro atoms. The topological polar surface area (TPSA) is 49.8 Å². The zero-order valence-corrected chi connectivity index (χ0v) is 14.2. The van der Waals surface area contributed by atoms with E-state index in [2.05, 4.69) is 0 Å². The Bertz CT molecular complexity index is 749. The Morgan fingerprint density at radius 2 is 2.08 bits per heavy atom. The maximum absolute atomic E-state index is 13.5. The molecule has 25 heavy (non-hydrogen) atoms. The van der Waals surface area contributed by atoms with Gasteiger partial charge in [-0.25, -0.2) is 4.39 Å². The second-order valence-corrected chi connectivity index (χ2v) is 6.36. The highest BCUT2D eigenvalue weighted by Crippen LogP contribution is 2.33. The van der Waals surface area contributed by atoms with E-state index < -0.39 is 6.10 Å². The fraction of sp³-hybridized carbons (Fsp3) is 0.350. The molecule has 1 fully saturated rings. The predicted molar refractivity (Wildman–Crippen MR) is 92.8 cm³/mol. The molecule has 132 valence electrons. The molecule has 0 aromatic heterocycles. The van der Waals surface area contributed by atoms with Crippen LogP contribution in [0, 0.1) is 5.82 Å². The first-order chi connectivity index (χ1) is 12.1. The highest BCUT2D eigenvalue weighted by Gasteiger charge is 2.35. The number of hydrogen-bond acceptors (Lipinski definition) is 3. The van der Waals surface area contributed by atoms with E-state index in [1.807, 2.05) is 24.3 Å². The average molecular weight is 343 g/mol. The third kappa shape index (κ3) is 4.17. The van der Waals surface area contributed by atoms with Crippen molar-refractivity contribution < 1.29 is 19.0 Å². The SMILES string of the molecule is COc1cccc(CCC(=O)N2C[C@@H](O)C[C@@H]2c2cccc(F)c2)c1. The number of aryl methyl sites for hydroxylation is 1. The number of aliphatic hydroxyl groups excluding tert-OH is 1. The summed E-state index contributed by atoms with van der Waals surface area (Å²) in [5.41, 5.74) is 1.75. The van der Waals surface area contributed by atoms with E-state index in [9.17, 15) is 14.3 Å². The predicted octanol–water partition coefficient (Wildman–Crippen LogP) is 3.10. The van der Waals surface area contributed by atoms with Gasteiger partial charge in [0.05, 0.1) is 19.3 Å².